The number of hydrogen-bond donors (Lipinski definition) is 1. The average molecular weight is 338 g/mol. The Morgan fingerprint density at radius 1 is 1.33 bits per heavy atom. The molecule has 9 heteroatoms. The number of nitrogens with zero attached hydrogens (tertiary/aromatic N) is 3. The molecule has 0 aliphatic rings. The Hall–Kier alpha value is -2.84. The number of benzene rings is 1. The highest BCUT2D eigenvalue weighted by Crippen LogP contribution is 2.31. The van der Waals surface area contributed by atoms with Crippen molar-refractivity contribution in [3.05, 3.63) is 41.9 Å². The van der Waals surface area contributed by atoms with Crippen molar-refractivity contribution in [1.29, 1.82) is 0 Å². The highest BCUT2D eigenvalue weighted by atomic mass is 19.4. The Morgan fingerprint density at radius 2 is 2.08 bits per heavy atom. The average Bonchev–Trinajstić information content (AvgIpc) is 3.08. The minimum atomic E-state index is -4.60. The number of halogens is 3. The second-order valence-electron chi connectivity index (χ2n) is 5.19. The van der Waals surface area contributed by atoms with Crippen molar-refractivity contribution in [2.75, 3.05) is 5.32 Å². The molecule has 3 aromatic rings. The van der Waals surface area contributed by atoms with Crippen LogP contribution in [-0.4, -0.2) is 20.6 Å². The van der Waals surface area contributed by atoms with Gasteiger partial charge >= 0.3 is 6.18 Å². The molecule has 2 heterocycles. The summed E-state index contributed by atoms with van der Waals surface area (Å²) in [6, 6.07) is 7.79. The van der Waals surface area contributed by atoms with Gasteiger partial charge in [-0.1, -0.05) is 17.3 Å². The fraction of sp³-hybridized carbons (Fsp3) is 0.267. The van der Waals surface area contributed by atoms with E-state index < -0.39 is 17.9 Å². The molecule has 2 aromatic heterocycles. The highest BCUT2D eigenvalue weighted by molar-refractivity contribution is 5.89. The molecule has 24 heavy (non-hydrogen) atoms. The fourth-order valence-electron chi connectivity index (χ4n) is 2.36. The molecule has 0 spiro atoms. The zero-order valence-corrected chi connectivity index (χ0v) is 12.6. The molecule has 0 atom stereocenters. The predicted molar refractivity (Wildman–Crippen MR) is 79.2 cm³/mol. The van der Waals surface area contributed by atoms with Crippen LogP contribution in [0.5, 0.6) is 0 Å². The molecule has 0 saturated heterocycles. The fourth-order valence-corrected chi connectivity index (χ4v) is 2.36. The third kappa shape index (κ3) is 3.24. The predicted octanol–water partition coefficient (Wildman–Crippen LogP) is 3.38. The molecule has 0 bridgehead atoms. The van der Waals surface area contributed by atoms with Gasteiger partial charge in [0, 0.05) is 19.0 Å². The number of carbonyl (C=O) groups excluding carboxylic acids is 1. The van der Waals surface area contributed by atoms with Gasteiger partial charge in [-0.15, -0.1) is 0 Å². The van der Waals surface area contributed by atoms with Gasteiger partial charge in [0.15, 0.2) is 5.82 Å². The number of alkyl halides is 3. The first-order valence-corrected chi connectivity index (χ1v) is 7.10. The number of nitrogens with one attached hydrogen (secondary N) is 1. The summed E-state index contributed by atoms with van der Waals surface area (Å²) >= 11 is 0. The molecule has 126 valence electrons. The van der Waals surface area contributed by atoms with Crippen LogP contribution in [0, 0.1) is 6.92 Å². The lowest BCUT2D eigenvalue weighted by molar-refractivity contribution is -0.147. The summed E-state index contributed by atoms with van der Waals surface area (Å²) in [4.78, 5) is 15.5. The second kappa shape index (κ2) is 5.99. The molecule has 0 saturated carbocycles. The Morgan fingerprint density at radius 3 is 2.75 bits per heavy atom. The van der Waals surface area contributed by atoms with Crippen molar-refractivity contribution in [3.8, 4) is 0 Å². The van der Waals surface area contributed by atoms with Gasteiger partial charge in [-0.05, 0) is 19.1 Å². The number of amides is 1. The maximum Gasteiger partial charge on any atom is 0.449 e. The van der Waals surface area contributed by atoms with E-state index in [1.54, 1.807) is 19.1 Å². The van der Waals surface area contributed by atoms with E-state index in [0.29, 0.717) is 11.3 Å². The van der Waals surface area contributed by atoms with Crippen molar-refractivity contribution in [1.82, 2.24) is 14.7 Å². The van der Waals surface area contributed by atoms with E-state index in [1.165, 1.54) is 18.2 Å². The van der Waals surface area contributed by atoms with Gasteiger partial charge in [0.1, 0.15) is 5.76 Å². The lowest BCUT2D eigenvalue weighted by atomic mass is 10.3. The van der Waals surface area contributed by atoms with Crippen molar-refractivity contribution in [2.24, 2.45) is 0 Å². The summed E-state index contributed by atoms with van der Waals surface area (Å²) in [5.41, 5.74) is 0.562. The first kappa shape index (κ1) is 16.0. The van der Waals surface area contributed by atoms with Gasteiger partial charge in [-0.2, -0.15) is 13.2 Å². The number of para-hydroxylation sites is 2. The van der Waals surface area contributed by atoms with Crippen LogP contribution < -0.4 is 5.32 Å². The van der Waals surface area contributed by atoms with Gasteiger partial charge in [0.05, 0.1) is 11.0 Å². The molecule has 3 rings (SSSR count). The van der Waals surface area contributed by atoms with Gasteiger partial charge in [-0.25, -0.2) is 4.98 Å². The van der Waals surface area contributed by atoms with Crippen molar-refractivity contribution >= 4 is 22.8 Å². The summed E-state index contributed by atoms with van der Waals surface area (Å²) < 4.78 is 45.3. The Labute approximate surface area is 134 Å². The molecule has 0 radical (unpaired) electrons. The first-order chi connectivity index (χ1) is 11.3. The summed E-state index contributed by atoms with van der Waals surface area (Å²) in [6.07, 6.45) is -4.76. The minimum absolute atomic E-state index is 0.155. The van der Waals surface area contributed by atoms with Gasteiger partial charge in [0.2, 0.25) is 11.7 Å². The monoisotopic (exact) mass is 338 g/mol. The number of rotatable bonds is 4. The van der Waals surface area contributed by atoms with Crippen molar-refractivity contribution in [3.63, 3.8) is 0 Å². The largest absolute Gasteiger partial charge is 0.449 e. The maximum absolute atomic E-state index is 13.2. The van der Waals surface area contributed by atoms with Crippen molar-refractivity contribution < 1.29 is 22.5 Å². The van der Waals surface area contributed by atoms with E-state index >= 15 is 0 Å². The molecule has 0 fully saturated rings. The molecule has 0 unspecified atom stereocenters. The number of imidazole rings is 1. The highest BCUT2D eigenvalue weighted by Gasteiger charge is 2.37. The number of aromatic nitrogens is 3. The smallest absolute Gasteiger partial charge is 0.360 e. The second-order valence-corrected chi connectivity index (χ2v) is 5.19. The molecule has 1 N–H and O–H groups in total. The van der Waals surface area contributed by atoms with Gasteiger partial charge in [-0.3, -0.25) is 4.79 Å². The number of fused-ring (bicyclic) bond motifs is 1. The quantitative estimate of drug-likeness (QED) is 0.791. The first-order valence-electron chi connectivity index (χ1n) is 7.10. The standard InChI is InChI=1S/C15H13F3N4O2/c1-9-8-12(21-24-9)20-13(23)6-7-22-11-5-3-2-4-10(11)19-14(22)15(16,17)18/h2-5,8H,6-7H2,1H3,(H,20,21,23). The van der Waals surface area contributed by atoms with Gasteiger partial charge < -0.3 is 14.4 Å². The lowest BCUT2D eigenvalue weighted by Crippen LogP contribution is -2.19. The van der Waals surface area contributed by atoms with E-state index in [-0.39, 0.29) is 24.3 Å². The summed E-state index contributed by atoms with van der Waals surface area (Å²) in [7, 11) is 0. The van der Waals surface area contributed by atoms with E-state index in [4.69, 9.17) is 4.52 Å². The van der Waals surface area contributed by atoms with Crippen LogP contribution in [0.15, 0.2) is 34.9 Å². The van der Waals surface area contributed by atoms with Crippen LogP contribution >= 0.6 is 0 Å². The van der Waals surface area contributed by atoms with Crippen molar-refractivity contribution in [2.45, 2.75) is 26.1 Å². The van der Waals surface area contributed by atoms with E-state index in [1.807, 2.05) is 0 Å². The Kier molecular flexibility index (Phi) is 4.00. The summed E-state index contributed by atoms with van der Waals surface area (Å²) in [6.45, 7) is 1.51. The van der Waals surface area contributed by atoms with Crippen LogP contribution in [0.25, 0.3) is 11.0 Å². The lowest BCUT2D eigenvalue weighted by Gasteiger charge is -2.11. The minimum Gasteiger partial charge on any atom is -0.360 e. The zero-order valence-electron chi connectivity index (χ0n) is 12.6. The summed E-state index contributed by atoms with van der Waals surface area (Å²) in [5.74, 6) is -0.739. The SMILES string of the molecule is Cc1cc(NC(=O)CCn2c(C(F)(F)F)nc3ccccc32)no1. The normalized spacial score (nSPS) is 11.8. The van der Waals surface area contributed by atoms with Crippen LogP contribution in [0.3, 0.4) is 0 Å². The third-order valence-corrected chi connectivity index (χ3v) is 3.37. The molecule has 1 amide bonds. The number of aryl methyl sites for hydroxylation is 2. The van der Waals surface area contributed by atoms with Crippen LogP contribution in [-0.2, 0) is 17.5 Å². The molecular formula is C15H13F3N4O2. The van der Waals surface area contributed by atoms with Crippen LogP contribution in [0.2, 0.25) is 0 Å². The Bertz CT molecular complexity index is 882. The topological polar surface area (TPSA) is 73.0 Å². The number of carbonyl (C=O) groups is 1. The number of anilines is 1. The number of hydrogen-bond acceptors (Lipinski definition) is 4. The van der Waals surface area contributed by atoms with Crippen LogP contribution in [0.4, 0.5) is 19.0 Å². The molecular weight excluding hydrogens is 325 g/mol. The summed E-state index contributed by atoms with van der Waals surface area (Å²) in [5, 5.41) is 6.07. The maximum atomic E-state index is 13.2. The third-order valence-electron chi connectivity index (χ3n) is 3.37. The molecule has 0 aliphatic heterocycles. The molecule has 1 aromatic carbocycles. The molecule has 6 nitrogen and oxygen atoms in total. The van der Waals surface area contributed by atoms with Crippen LogP contribution in [0.1, 0.15) is 18.0 Å². The Balaban J connectivity index is 1.80. The van der Waals surface area contributed by atoms with E-state index in [9.17, 15) is 18.0 Å². The molecule has 0 aliphatic carbocycles. The van der Waals surface area contributed by atoms with E-state index in [2.05, 4.69) is 15.5 Å². The zero-order chi connectivity index (χ0) is 17.3. The van der Waals surface area contributed by atoms with E-state index in [0.717, 1.165) is 4.57 Å². The van der Waals surface area contributed by atoms with Gasteiger partial charge in [0.25, 0.3) is 0 Å².